The van der Waals surface area contributed by atoms with Crippen LogP contribution in [-0.4, -0.2) is 11.1 Å². The average Bonchev–Trinajstić information content (AvgIpc) is 3.01. The van der Waals surface area contributed by atoms with Gasteiger partial charge >= 0.3 is 0 Å². The molecule has 0 saturated heterocycles. The van der Waals surface area contributed by atoms with Gasteiger partial charge in [-0.2, -0.15) is 11.3 Å². The number of hydrogen-bond donors (Lipinski definition) is 1. The molecule has 92 valence electrons. The lowest BCUT2D eigenvalue weighted by Gasteiger charge is -2.08. The molecule has 2 aromatic heterocycles. The van der Waals surface area contributed by atoms with Crippen LogP contribution in [0.15, 0.2) is 47.3 Å². The SMILES string of the molecule is NCCc1cccc2ccn(Cc3ccsc3)c12. The molecule has 0 aliphatic rings. The maximum atomic E-state index is 5.70. The van der Waals surface area contributed by atoms with Crippen molar-refractivity contribution in [2.75, 3.05) is 6.54 Å². The predicted molar refractivity (Wildman–Crippen MR) is 78.1 cm³/mol. The molecule has 0 radical (unpaired) electrons. The summed E-state index contributed by atoms with van der Waals surface area (Å²) in [5, 5.41) is 5.63. The number of thiophene rings is 1. The first-order valence-corrected chi connectivity index (χ1v) is 7.10. The van der Waals surface area contributed by atoms with Crippen molar-refractivity contribution in [3.8, 4) is 0 Å². The first-order valence-electron chi connectivity index (χ1n) is 6.16. The van der Waals surface area contributed by atoms with Gasteiger partial charge in [-0.1, -0.05) is 18.2 Å². The molecule has 0 aliphatic carbocycles. The average molecular weight is 256 g/mol. The molecule has 0 fully saturated rings. The van der Waals surface area contributed by atoms with Crippen LogP contribution in [0.1, 0.15) is 11.1 Å². The van der Waals surface area contributed by atoms with E-state index in [1.54, 1.807) is 11.3 Å². The highest BCUT2D eigenvalue weighted by molar-refractivity contribution is 7.07. The molecule has 18 heavy (non-hydrogen) atoms. The number of aromatic nitrogens is 1. The van der Waals surface area contributed by atoms with Crippen LogP contribution in [0, 0.1) is 0 Å². The summed E-state index contributed by atoms with van der Waals surface area (Å²) in [5.41, 5.74) is 9.73. The molecule has 0 spiro atoms. The number of para-hydroxylation sites is 1. The van der Waals surface area contributed by atoms with E-state index in [4.69, 9.17) is 5.73 Å². The van der Waals surface area contributed by atoms with Gasteiger partial charge in [0.05, 0.1) is 5.52 Å². The molecule has 0 aliphatic heterocycles. The second kappa shape index (κ2) is 4.96. The molecule has 3 heteroatoms. The number of nitrogens with zero attached hydrogens (tertiary/aromatic N) is 1. The molecule has 1 aromatic carbocycles. The first-order chi connectivity index (χ1) is 8.88. The summed E-state index contributed by atoms with van der Waals surface area (Å²) >= 11 is 1.75. The van der Waals surface area contributed by atoms with Crippen molar-refractivity contribution in [3.05, 3.63) is 58.4 Å². The van der Waals surface area contributed by atoms with E-state index in [1.807, 2.05) is 0 Å². The minimum absolute atomic E-state index is 0.697. The normalized spacial score (nSPS) is 11.2. The minimum Gasteiger partial charge on any atom is -0.343 e. The van der Waals surface area contributed by atoms with Crippen LogP contribution >= 0.6 is 11.3 Å². The molecule has 2 heterocycles. The third-order valence-corrected chi connectivity index (χ3v) is 3.95. The van der Waals surface area contributed by atoms with Crippen molar-refractivity contribution in [2.24, 2.45) is 5.73 Å². The molecular weight excluding hydrogens is 240 g/mol. The quantitative estimate of drug-likeness (QED) is 0.763. The smallest absolute Gasteiger partial charge is 0.0516 e. The van der Waals surface area contributed by atoms with Crippen molar-refractivity contribution in [2.45, 2.75) is 13.0 Å². The zero-order chi connectivity index (χ0) is 12.4. The van der Waals surface area contributed by atoms with Crippen molar-refractivity contribution >= 4 is 22.2 Å². The van der Waals surface area contributed by atoms with Gasteiger partial charge in [-0.3, -0.25) is 0 Å². The third-order valence-electron chi connectivity index (χ3n) is 3.22. The zero-order valence-electron chi connectivity index (χ0n) is 10.2. The van der Waals surface area contributed by atoms with Gasteiger partial charge in [0.25, 0.3) is 0 Å². The van der Waals surface area contributed by atoms with Crippen molar-refractivity contribution in [3.63, 3.8) is 0 Å². The lowest BCUT2D eigenvalue weighted by atomic mass is 10.1. The fourth-order valence-electron chi connectivity index (χ4n) is 2.41. The zero-order valence-corrected chi connectivity index (χ0v) is 11.0. The van der Waals surface area contributed by atoms with E-state index in [2.05, 4.69) is 51.9 Å². The van der Waals surface area contributed by atoms with E-state index in [0.29, 0.717) is 6.54 Å². The molecule has 2 nitrogen and oxygen atoms in total. The summed E-state index contributed by atoms with van der Waals surface area (Å²) in [6.45, 7) is 1.64. The highest BCUT2D eigenvalue weighted by Gasteiger charge is 2.06. The largest absolute Gasteiger partial charge is 0.343 e. The Labute approximate surface area is 111 Å². The van der Waals surface area contributed by atoms with Gasteiger partial charge in [-0.05, 0) is 52.4 Å². The van der Waals surface area contributed by atoms with E-state index >= 15 is 0 Å². The second-order valence-electron chi connectivity index (χ2n) is 4.47. The number of benzene rings is 1. The van der Waals surface area contributed by atoms with Crippen LogP contribution < -0.4 is 5.73 Å². The Morgan fingerprint density at radius 2 is 2.11 bits per heavy atom. The van der Waals surface area contributed by atoms with Crippen LogP contribution in [0.5, 0.6) is 0 Å². The highest BCUT2D eigenvalue weighted by atomic mass is 32.1. The van der Waals surface area contributed by atoms with Gasteiger partial charge in [0.2, 0.25) is 0 Å². The summed E-state index contributed by atoms with van der Waals surface area (Å²) in [4.78, 5) is 0. The van der Waals surface area contributed by atoms with E-state index in [-0.39, 0.29) is 0 Å². The molecule has 0 atom stereocenters. The van der Waals surface area contributed by atoms with E-state index in [1.165, 1.54) is 22.0 Å². The van der Waals surface area contributed by atoms with Gasteiger partial charge in [0.15, 0.2) is 0 Å². The Morgan fingerprint density at radius 3 is 2.89 bits per heavy atom. The van der Waals surface area contributed by atoms with E-state index < -0.39 is 0 Å². The van der Waals surface area contributed by atoms with Crippen LogP contribution in [0.3, 0.4) is 0 Å². The van der Waals surface area contributed by atoms with Crippen LogP contribution in [0.25, 0.3) is 10.9 Å². The summed E-state index contributed by atoms with van der Waals surface area (Å²) < 4.78 is 2.32. The third kappa shape index (κ3) is 2.07. The predicted octanol–water partition coefficient (Wildman–Crippen LogP) is 3.25. The number of hydrogen-bond acceptors (Lipinski definition) is 2. The molecule has 0 saturated carbocycles. The minimum atomic E-state index is 0.697. The summed E-state index contributed by atoms with van der Waals surface area (Å²) in [6.07, 6.45) is 3.10. The molecule has 3 rings (SSSR count). The van der Waals surface area contributed by atoms with Gasteiger partial charge < -0.3 is 10.3 Å². The van der Waals surface area contributed by atoms with Gasteiger partial charge in [0, 0.05) is 12.7 Å². The maximum absolute atomic E-state index is 5.70. The summed E-state index contributed by atoms with van der Waals surface area (Å²) in [5.74, 6) is 0. The Bertz CT molecular complexity index is 638. The standard InChI is InChI=1S/C15H16N2S/c16-7-4-13-2-1-3-14-5-8-17(15(13)14)10-12-6-9-18-11-12/h1-3,5-6,8-9,11H,4,7,10,16H2. The highest BCUT2D eigenvalue weighted by Crippen LogP contribution is 2.22. The van der Waals surface area contributed by atoms with Gasteiger partial charge in [-0.25, -0.2) is 0 Å². The lowest BCUT2D eigenvalue weighted by molar-refractivity contribution is 0.831. The van der Waals surface area contributed by atoms with Crippen LogP contribution in [0.4, 0.5) is 0 Å². The number of rotatable bonds is 4. The van der Waals surface area contributed by atoms with Gasteiger partial charge in [-0.15, -0.1) is 0 Å². The van der Waals surface area contributed by atoms with E-state index in [9.17, 15) is 0 Å². The first kappa shape index (κ1) is 11.5. The molecule has 2 N–H and O–H groups in total. The summed E-state index contributed by atoms with van der Waals surface area (Å²) in [7, 11) is 0. The van der Waals surface area contributed by atoms with E-state index in [0.717, 1.165) is 13.0 Å². The Balaban J connectivity index is 2.06. The fraction of sp³-hybridized carbons (Fsp3) is 0.200. The molecule has 0 bridgehead atoms. The number of nitrogens with two attached hydrogens (primary N) is 1. The summed E-state index contributed by atoms with van der Waals surface area (Å²) in [6, 6.07) is 10.8. The number of fused-ring (bicyclic) bond motifs is 1. The van der Waals surface area contributed by atoms with Crippen LogP contribution in [-0.2, 0) is 13.0 Å². The monoisotopic (exact) mass is 256 g/mol. The Morgan fingerprint density at radius 1 is 1.17 bits per heavy atom. The molecule has 0 unspecified atom stereocenters. The van der Waals surface area contributed by atoms with Gasteiger partial charge in [0.1, 0.15) is 0 Å². The molecule has 3 aromatic rings. The Hall–Kier alpha value is -1.58. The molecule has 0 amide bonds. The van der Waals surface area contributed by atoms with Crippen LogP contribution in [0.2, 0.25) is 0 Å². The second-order valence-corrected chi connectivity index (χ2v) is 5.25. The van der Waals surface area contributed by atoms with Crippen molar-refractivity contribution in [1.82, 2.24) is 4.57 Å². The van der Waals surface area contributed by atoms with Crippen molar-refractivity contribution < 1.29 is 0 Å². The topological polar surface area (TPSA) is 30.9 Å². The Kier molecular flexibility index (Phi) is 3.17. The fourth-order valence-corrected chi connectivity index (χ4v) is 3.07. The lowest BCUT2D eigenvalue weighted by Crippen LogP contribution is -2.05. The molecular formula is C15H16N2S. The van der Waals surface area contributed by atoms with Crippen molar-refractivity contribution in [1.29, 1.82) is 0 Å². The maximum Gasteiger partial charge on any atom is 0.0516 e.